The number of rotatable bonds is 4. The van der Waals surface area contributed by atoms with Crippen LogP contribution in [-0.2, 0) is 0 Å². The van der Waals surface area contributed by atoms with Gasteiger partial charge in [-0.05, 0) is 59.6 Å². The van der Waals surface area contributed by atoms with E-state index in [1.807, 2.05) is 48.5 Å². The van der Waals surface area contributed by atoms with E-state index in [9.17, 15) is 0 Å². The van der Waals surface area contributed by atoms with Gasteiger partial charge in [-0.3, -0.25) is 4.57 Å². The quantitative estimate of drug-likeness (QED) is 0.303. The van der Waals surface area contributed by atoms with Crippen LogP contribution in [0.4, 0.5) is 11.5 Å². The number of benzene rings is 3. The van der Waals surface area contributed by atoms with E-state index in [4.69, 9.17) is 1.37 Å². The lowest BCUT2D eigenvalue weighted by Gasteiger charge is -2.19. The van der Waals surface area contributed by atoms with Gasteiger partial charge in [0.1, 0.15) is 11.6 Å². The summed E-state index contributed by atoms with van der Waals surface area (Å²) in [7, 11) is 1.95. The first-order valence-corrected chi connectivity index (χ1v) is 10.9. The first kappa shape index (κ1) is 18.2. The van der Waals surface area contributed by atoms with Crippen molar-refractivity contribution < 1.29 is 1.37 Å². The second-order valence-electron chi connectivity index (χ2n) is 7.99. The molecule has 0 aliphatic heterocycles. The summed E-state index contributed by atoms with van der Waals surface area (Å²) in [4.78, 5) is 11.0. The van der Waals surface area contributed by atoms with E-state index in [0.29, 0.717) is 11.9 Å². The van der Waals surface area contributed by atoms with Crippen molar-refractivity contribution in [1.29, 1.82) is 0 Å². The van der Waals surface area contributed by atoms with Crippen LogP contribution in [0.1, 0.15) is 1.37 Å². The Kier molecular flexibility index (Phi) is 4.36. The smallest absolute Gasteiger partial charge is 0.137 e. The first-order valence-electron chi connectivity index (χ1n) is 11.4. The Morgan fingerprint density at radius 1 is 0.697 bits per heavy atom. The number of hydrogen-bond donors (Lipinski definition) is 0. The molecule has 6 aromatic rings. The van der Waals surface area contributed by atoms with Crippen molar-refractivity contribution in [3.8, 4) is 16.9 Å². The molecule has 0 unspecified atom stereocenters. The second-order valence-corrected chi connectivity index (χ2v) is 7.99. The van der Waals surface area contributed by atoms with Gasteiger partial charge in [0.25, 0.3) is 0 Å². The Bertz CT molecular complexity index is 1640. The largest absolute Gasteiger partial charge is 0.329 e. The van der Waals surface area contributed by atoms with Crippen LogP contribution < -0.4 is 4.90 Å². The molecule has 158 valence electrons. The zero-order valence-corrected chi connectivity index (χ0v) is 18.2. The van der Waals surface area contributed by atoms with E-state index in [2.05, 4.69) is 69.1 Å². The predicted molar refractivity (Wildman–Crippen MR) is 136 cm³/mol. The topological polar surface area (TPSA) is 34.0 Å². The third-order valence-electron chi connectivity index (χ3n) is 6.03. The van der Waals surface area contributed by atoms with Gasteiger partial charge in [-0.2, -0.15) is 0 Å². The van der Waals surface area contributed by atoms with Gasteiger partial charge in [0.15, 0.2) is 0 Å². The van der Waals surface area contributed by atoms with Gasteiger partial charge in [-0.1, -0.05) is 54.6 Å². The number of hydrogen-bond acceptors (Lipinski definition) is 3. The highest BCUT2D eigenvalue weighted by Gasteiger charge is 2.14. The maximum absolute atomic E-state index is 8.20. The van der Waals surface area contributed by atoms with Crippen molar-refractivity contribution in [2.45, 2.75) is 0 Å². The molecule has 33 heavy (non-hydrogen) atoms. The van der Waals surface area contributed by atoms with Gasteiger partial charge < -0.3 is 4.90 Å². The first-order chi connectivity index (χ1) is 16.7. The Balaban J connectivity index is 1.51. The van der Waals surface area contributed by atoms with Gasteiger partial charge in [0, 0.05) is 35.9 Å². The third kappa shape index (κ3) is 3.33. The monoisotopic (exact) mass is 427 g/mol. The number of pyridine rings is 2. The summed E-state index contributed by atoms with van der Waals surface area (Å²) < 4.78 is 10.4. The molecule has 0 amide bonds. The van der Waals surface area contributed by atoms with Crippen LogP contribution in [-0.4, -0.2) is 21.6 Å². The Morgan fingerprint density at radius 3 is 2.36 bits per heavy atom. The summed E-state index contributed by atoms with van der Waals surface area (Å²) in [6, 6.07) is 33.4. The lowest BCUT2D eigenvalue weighted by molar-refractivity contribution is 1.08. The predicted octanol–water partition coefficient (Wildman–Crippen LogP) is 7.01. The van der Waals surface area contributed by atoms with E-state index < -0.39 is 0 Å². The van der Waals surface area contributed by atoms with Crippen LogP contribution in [0.3, 0.4) is 0 Å². The minimum absolute atomic E-state index is 0.400. The van der Waals surface area contributed by atoms with Crippen LogP contribution in [0.5, 0.6) is 0 Å². The highest BCUT2D eigenvalue weighted by molar-refractivity contribution is 6.10. The molecule has 0 aliphatic rings. The van der Waals surface area contributed by atoms with Crippen LogP contribution in [0.25, 0.3) is 38.8 Å². The van der Waals surface area contributed by atoms with Gasteiger partial charge in [0.05, 0.1) is 12.4 Å². The molecule has 0 aliphatic carbocycles. The molecule has 3 aromatic heterocycles. The van der Waals surface area contributed by atoms with E-state index in [0.717, 1.165) is 33.7 Å². The lowest BCUT2D eigenvalue weighted by Crippen LogP contribution is -2.10. The molecule has 6 rings (SSSR count). The molecule has 0 N–H and O–H groups in total. The molecule has 3 heterocycles. The van der Waals surface area contributed by atoms with Gasteiger partial charge in [-0.25, -0.2) is 9.97 Å². The highest BCUT2D eigenvalue weighted by atomic mass is 15.2. The molecule has 4 nitrogen and oxygen atoms in total. The summed E-state index contributed by atoms with van der Waals surface area (Å²) in [5.41, 5.74) is 5.46. The summed E-state index contributed by atoms with van der Waals surface area (Å²) in [5, 5.41) is 2.41. The average molecular weight is 428 g/mol. The minimum Gasteiger partial charge on any atom is -0.329 e. The normalized spacial score (nSPS) is 11.6. The van der Waals surface area contributed by atoms with Crippen molar-refractivity contribution in [3.63, 3.8) is 0 Å². The molecule has 0 radical (unpaired) electrons. The van der Waals surface area contributed by atoms with Gasteiger partial charge >= 0.3 is 0 Å². The molecule has 0 saturated heterocycles. The van der Waals surface area contributed by atoms with E-state index in [-0.39, 0.29) is 0 Å². The van der Waals surface area contributed by atoms with Crippen LogP contribution >= 0.6 is 0 Å². The number of aromatic nitrogens is 3. The summed E-state index contributed by atoms with van der Waals surface area (Å²) in [5.74, 6) is 1.53. The second kappa shape index (κ2) is 7.92. The molecule has 4 heteroatoms. The molecule has 3 aromatic carbocycles. The fourth-order valence-corrected chi connectivity index (χ4v) is 4.40. The zero-order chi connectivity index (χ0) is 23.1. The van der Waals surface area contributed by atoms with Gasteiger partial charge in [0.2, 0.25) is 0 Å². The SMILES string of the molecule is [2H]c1cccnc1N(C)c1cccc(-c2ccc3c4ccccc4n(-c4ccccn4)c3c2)c1. The maximum Gasteiger partial charge on any atom is 0.137 e. The van der Waals surface area contributed by atoms with Gasteiger partial charge in [-0.15, -0.1) is 0 Å². The third-order valence-corrected chi connectivity index (χ3v) is 6.03. The summed E-state index contributed by atoms with van der Waals surface area (Å²) >= 11 is 0. The standard InChI is InChI=1S/C29H22N4/c1-32(28-13-4-6-17-30-28)23-10-8-9-21(19-23)22-15-16-25-24-11-2-3-12-26(24)33(27(25)20-22)29-14-5-7-18-31-29/h2-20H,1H3/i13D. The number of fused-ring (bicyclic) bond motifs is 3. The molecule has 0 atom stereocenters. The summed E-state index contributed by atoms with van der Waals surface area (Å²) in [6.07, 6.45) is 3.55. The van der Waals surface area contributed by atoms with Crippen molar-refractivity contribution in [2.75, 3.05) is 11.9 Å². The summed E-state index contributed by atoms with van der Waals surface area (Å²) in [6.45, 7) is 0. The van der Waals surface area contributed by atoms with Crippen molar-refractivity contribution in [2.24, 2.45) is 0 Å². The Hall–Kier alpha value is -4.44. The minimum atomic E-state index is 0.400. The van der Waals surface area contributed by atoms with Crippen molar-refractivity contribution in [1.82, 2.24) is 14.5 Å². The van der Waals surface area contributed by atoms with Crippen LogP contribution in [0.15, 0.2) is 115 Å². The molecule has 0 saturated carbocycles. The number of nitrogens with zero attached hydrogens (tertiary/aromatic N) is 4. The highest BCUT2D eigenvalue weighted by Crippen LogP contribution is 2.35. The zero-order valence-electron chi connectivity index (χ0n) is 19.2. The van der Waals surface area contributed by atoms with E-state index in [1.165, 1.54) is 10.8 Å². The Labute approximate surface area is 193 Å². The number of anilines is 2. The van der Waals surface area contributed by atoms with Crippen LogP contribution in [0.2, 0.25) is 0 Å². The molecular weight excluding hydrogens is 404 g/mol. The van der Waals surface area contributed by atoms with Crippen molar-refractivity contribution >= 4 is 33.3 Å². The number of para-hydroxylation sites is 1. The Morgan fingerprint density at radius 2 is 1.48 bits per heavy atom. The van der Waals surface area contributed by atoms with E-state index in [1.54, 1.807) is 18.3 Å². The molecule has 0 fully saturated rings. The fourth-order valence-electron chi connectivity index (χ4n) is 4.40. The van der Waals surface area contributed by atoms with E-state index >= 15 is 0 Å². The molecular formula is C29H22N4. The van der Waals surface area contributed by atoms with Crippen LogP contribution in [0, 0.1) is 0 Å². The molecule has 0 spiro atoms. The lowest BCUT2D eigenvalue weighted by atomic mass is 10.0. The maximum atomic E-state index is 8.20. The van der Waals surface area contributed by atoms with Crippen molar-refractivity contribution in [3.05, 3.63) is 115 Å². The fraction of sp³-hybridized carbons (Fsp3) is 0.0345. The average Bonchev–Trinajstić information content (AvgIpc) is 3.23. The molecule has 0 bridgehead atoms.